The van der Waals surface area contributed by atoms with Crippen LogP contribution in [0.5, 0.6) is 0 Å². The molecule has 0 aliphatic heterocycles. The molecule has 0 bridgehead atoms. The van der Waals surface area contributed by atoms with Gasteiger partial charge in [-0.1, -0.05) is 26.2 Å². The molecule has 0 radical (unpaired) electrons. The molecule has 3 fully saturated rings. The summed E-state index contributed by atoms with van der Waals surface area (Å²) in [6.07, 6.45) is 18.4. The molecule has 130 valence electrons. The maximum atomic E-state index is 9.31. The molecule has 0 N–H and O–H groups in total. The summed E-state index contributed by atoms with van der Waals surface area (Å²) in [4.78, 5) is 0. The van der Waals surface area contributed by atoms with Gasteiger partial charge in [-0.05, 0) is 101 Å². The molecule has 3 aliphatic carbocycles. The lowest BCUT2D eigenvalue weighted by Gasteiger charge is -2.42. The van der Waals surface area contributed by atoms with Crippen LogP contribution in [0.1, 0.15) is 97.3 Å². The predicted octanol–water partition coefficient (Wildman–Crippen LogP) is 6.73. The molecule has 0 heterocycles. The van der Waals surface area contributed by atoms with Crippen LogP contribution in [0, 0.1) is 46.3 Å². The second-order valence-corrected chi connectivity index (χ2v) is 9.37. The normalized spacial score (nSPS) is 45.3. The monoisotopic (exact) mass is 315 g/mol. The SMILES string of the molecule is CC[C@H]1CC[C@H](C2CCC([C@H]3CC[C@](C)(C#N)CC3)CC2)CC1. The van der Waals surface area contributed by atoms with Crippen molar-refractivity contribution in [1.82, 2.24) is 0 Å². The van der Waals surface area contributed by atoms with Gasteiger partial charge in [0.2, 0.25) is 0 Å². The minimum atomic E-state index is -0.00832. The third kappa shape index (κ3) is 4.12. The van der Waals surface area contributed by atoms with E-state index in [1.807, 2.05) is 0 Å². The fraction of sp³-hybridized carbons (Fsp3) is 0.955. The maximum Gasteiger partial charge on any atom is 0.0686 e. The number of hydrogen-bond acceptors (Lipinski definition) is 1. The number of nitrogens with zero attached hydrogens (tertiary/aromatic N) is 1. The van der Waals surface area contributed by atoms with Gasteiger partial charge in [0, 0.05) is 0 Å². The molecule has 0 amide bonds. The van der Waals surface area contributed by atoms with Crippen molar-refractivity contribution < 1.29 is 0 Å². The maximum absolute atomic E-state index is 9.31. The van der Waals surface area contributed by atoms with Crippen molar-refractivity contribution in [3.8, 4) is 6.07 Å². The van der Waals surface area contributed by atoms with E-state index in [1.165, 1.54) is 70.6 Å². The van der Waals surface area contributed by atoms with Crippen molar-refractivity contribution >= 4 is 0 Å². The van der Waals surface area contributed by atoms with Crippen LogP contribution in [0.3, 0.4) is 0 Å². The summed E-state index contributed by atoms with van der Waals surface area (Å²) in [5.41, 5.74) is -0.00832. The molecule has 0 spiro atoms. The van der Waals surface area contributed by atoms with Crippen molar-refractivity contribution in [3.63, 3.8) is 0 Å². The van der Waals surface area contributed by atoms with E-state index in [9.17, 15) is 5.26 Å². The Morgan fingerprint density at radius 1 is 0.739 bits per heavy atom. The van der Waals surface area contributed by atoms with E-state index in [0.29, 0.717) is 0 Å². The molecule has 0 saturated heterocycles. The van der Waals surface area contributed by atoms with E-state index in [-0.39, 0.29) is 5.41 Å². The predicted molar refractivity (Wildman–Crippen MR) is 96.9 cm³/mol. The van der Waals surface area contributed by atoms with Gasteiger partial charge in [0.1, 0.15) is 0 Å². The molecular formula is C22H37N. The summed E-state index contributed by atoms with van der Waals surface area (Å²) in [7, 11) is 0. The van der Waals surface area contributed by atoms with Crippen LogP contribution < -0.4 is 0 Å². The van der Waals surface area contributed by atoms with Crippen LogP contribution in [0.15, 0.2) is 0 Å². The molecule has 3 saturated carbocycles. The molecule has 23 heavy (non-hydrogen) atoms. The Kier molecular flexibility index (Phi) is 5.71. The Morgan fingerprint density at radius 2 is 1.13 bits per heavy atom. The zero-order valence-corrected chi connectivity index (χ0v) is 15.5. The zero-order valence-electron chi connectivity index (χ0n) is 15.5. The number of rotatable bonds is 3. The Labute approximate surface area is 144 Å². The second kappa shape index (κ2) is 7.58. The minimum absolute atomic E-state index is 0.00832. The molecule has 1 heteroatoms. The average molecular weight is 316 g/mol. The lowest BCUT2D eigenvalue weighted by Crippen LogP contribution is -2.31. The molecular weight excluding hydrogens is 278 g/mol. The highest BCUT2D eigenvalue weighted by molar-refractivity contribution is 4.99. The molecule has 0 aromatic rings. The summed E-state index contributed by atoms with van der Waals surface area (Å²) in [6.45, 7) is 4.55. The Bertz CT molecular complexity index is 396. The molecule has 0 aromatic heterocycles. The molecule has 3 aliphatic rings. The summed E-state index contributed by atoms with van der Waals surface area (Å²) in [6, 6.07) is 2.56. The van der Waals surface area contributed by atoms with Crippen molar-refractivity contribution in [2.24, 2.45) is 35.0 Å². The molecule has 0 unspecified atom stereocenters. The van der Waals surface area contributed by atoms with Crippen LogP contribution in [-0.2, 0) is 0 Å². The molecule has 3 rings (SSSR count). The minimum Gasteiger partial charge on any atom is -0.198 e. The van der Waals surface area contributed by atoms with Crippen LogP contribution in [0.4, 0.5) is 0 Å². The van der Waals surface area contributed by atoms with Crippen LogP contribution in [0.2, 0.25) is 0 Å². The lowest BCUT2D eigenvalue weighted by molar-refractivity contribution is 0.0969. The standard InChI is InChI=1S/C22H37N/c1-3-17-4-6-18(7-5-17)19-8-10-20(11-9-19)21-12-14-22(2,16-23)15-13-21/h17-21H,3-15H2,1-2H3/t17-,18-,19?,20?,21-,22-. The van der Waals surface area contributed by atoms with Crippen molar-refractivity contribution in [3.05, 3.63) is 0 Å². The quantitative estimate of drug-likeness (QED) is 0.566. The Morgan fingerprint density at radius 3 is 1.52 bits per heavy atom. The van der Waals surface area contributed by atoms with Gasteiger partial charge in [0.05, 0.1) is 11.5 Å². The van der Waals surface area contributed by atoms with E-state index >= 15 is 0 Å². The molecule has 1 nitrogen and oxygen atoms in total. The first kappa shape index (κ1) is 17.3. The van der Waals surface area contributed by atoms with Crippen LogP contribution in [0.25, 0.3) is 0 Å². The van der Waals surface area contributed by atoms with E-state index < -0.39 is 0 Å². The van der Waals surface area contributed by atoms with E-state index in [0.717, 1.165) is 42.4 Å². The van der Waals surface area contributed by atoms with Gasteiger partial charge >= 0.3 is 0 Å². The first-order valence-electron chi connectivity index (χ1n) is 10.5. The van der Waals surface area contributed by atoms with E-state index in [2.05, 4.69) is 19.9 Å². The fourth-order valence-electron chi connectivity index (χ4n) is 6.02. The van der Waals surface area contributed by atoms with E-state index in [1.54, 1.807) is 0 Å². The summed E-state index contributed by atoms with van der Waals surface area (Å²) >= 11 is 0. The highest BCUT2D eigenvalue weighted by atomic mass is 14.4. The van der Waals surface area contributed by atoms with Crippen LogP contribution in [-0.4, -0.2) is 0 Å². The summed E-state index contributed by atoms with van der Waals surface area (Å²) in [5.74, 6) is 5.08. The number of nitriles is 1. The van der Waals surface area contributed by atoms with Gasteiger partial charge in [0.15, 0.2) is 0 Å². The van der Waals surface area contributed by atoms with Gasteiger partial charge in [0.25, 0.3) is 0 Å². The highest BCUT2D eigenvalue weighted by Gasteiger charge is 2.37. The van der Waals surface area contributed by atoms with Crippen LogP contribution >= 0.6 is 0 Å². The van der Waals surface area contributed by atoms with Crippen molar-refractivity contribution in [2.75, 3.05) is 0 Å². The Hall–Kier alpha value is -0.510. The zero-order chi connectivity index (χ0) is 16.3. The van der Waals surface area contributed by atoms with Gasteiger partial charge in [-0.25, -0.2) is 0 Å². The largest absolute Gasteiger partial charge is 0.198 e. The van der Waals surface area contributed by atoms with Gasteiger partial charge in [-0.3, -0.25) is 0 Å². The topological polar surface area (TPSA) is 23.8 Å². The first-order chi connectivity index (χ1) is 11.1. The van der Waals surface area contributed by atoms with Gasteiger partial charge < -0.3 is 0 Å². The van der Waals surface area contributed by atoms with Gasteiger partial charge in [-0.2, -0.15) is 5.26 Å². The van der Waals surface area contributed by atoms with Crippen molar-refractivity contribution in [2.45, 2.75) is 97.3 Å². The Balaban J connectivity index is 1.42. The first-order valence-corrected chi connectivity index (χ1v) is 10.5. The third-order valence-corrected chi connectivity index (χ3v) is 8.02. The third-order valence-electron chi connectivity index (χ3n) is 8.02. The molecule has 0 atom stereocenters. The van der Waals surface area contributed by atoms with Crippen molar-refractivity contribution in [1.29, 1.82) is 5.26 Å². The summed E-state index contributed by atoms with van der Waals surface area (Å²) in [5, 5.41) is 9.31. The number of hydrogen-bond donors (Lipinski definition) is 0. The summed E-state index contributed by atoms with van der Waals surface area (Å²) < 4.78 is 0. The lowest BCUT2D eigenvalue weighted by atomic mass is 9.63. The second-order valence-electron chi connectivity index (χ2n) is 9.37. The fourth-order valence-corrected chi connectivity index (χ4v) is 6.02. The smallest absolute Gasteiger partial charge is 0.0686 e. The highest BCUT2D eigenvalue weighted by Crippen LogP contribution is 2.47. The van der Waals surface area contributed by atoms with Gasteiger partial charge in [-0.15, -0.1) is 0 Å². The van der Waals surface area contributed by atoms with E-state index in [4.69, 9.17) is 0 Å². The average Bonchev–Trinajstić information content (AvgIpc) is 2.63. The molecule has 0 aromatic carbocycles.